The van der Waals surface area contributed by atoms with Crippen LogP contribution in [0.25, 0.3) is 90.5 Å². The third kappa shape index (κ3) is 6.07. The first-order valence-corrected chi connectivity index (χ1v) is 17.3. The second kappa shape index (κ2) is 13.3. The lowest BCUT2D eigenvalue weighted by atomic mass is 9.91. The summed E-state index contributed by atoms with van der Waals surface area (Å²) in [5.41, 5.74) is 12.1. The molecule has 0 atom stereocenters. The summed E-state index contributed by atoms with van der Waals surface area (Å²) < 4.78 is 0. The number of allylic oxidation sites excluding steroid dienone is 2. The van der Waals surface area contributed by atoms with Gasteiger partial charge in [-0.25, -0.2) is 15.0 Å². The van der Waals surface area contributed by atoms with Gasteiger partial charge in [-0.05, 0) is 73.8 Å². The topological polar surface area (TPSA) is 38.7 Å². The standard InChI is InChI=1S/C48H33N3/c1-5-13-33(14-6-1)35-21-23-38(24-22-35)46-49-47(42-28-27-40-31-39(25-26-41(40)32-42)34-15-7-2-8-16-34)51-48(50-46)45-43-20-12-4-11-19-37(43)29-30-44(45)36-17-9-3-10-18-36/h1-3,5-32H,4H2. The van der Waals surface area contributed by atoms with Crippen LogP contribution in [0.3, 0.4) is 0 Å². The van der Waals surface area contributed by atoms with Gasteiger partial charge >= 0.3 is 0 Å². The highest BCUT2D eigenvalue weighted by Gasteiger charge is 2.20. The first-order chi connectivity index (χ1) is 25.3. The second-order valence-electron chi connectivity index (χ2n) is 12.8. The predicted molar refractivity (Wildman–Crippen MR) is 213 cm³/mol. The largest absolute Gasteiger partial charge is 0.208 e. The Bertz CT molecular complexity index is 2570. The summed E-state index contributed by atoms with van der Waals surface area (Å²) in [6.45, 7) is 0. The summed E-state index contributed by atoms with van der Waals surface area (Å²) in [5.74, 6) is 1.93. The van der Waals surface area contributed by atoms with Crippen LogP contribution in [0.5, 0.6) is 0 Å². The molecule has 0 aliphatic heterocycles. The van der Waals surface area contributed by atoms with Gasteiger partial charge in [0.15, 0.2) is 17.5 Å². The molecule has 3 heteroatoms. The maximum Gasteiger partial charge on any atom is 0.165 e. The molecule has 0 radical (unpaired) electrons. The number of nitrogens with zero attached hydrogens (tertiary/aromatic N) is 3. The molecule has 1 heterocycles. The van der Waals surface area contributed by atoms with E-state index in [0.717, 1.165) is 56.3 Å². The third-order valence-electron chi connectivity index (χ3n) is 9.53. The first-order valence-electron chi connectivity index (χ1n) is 17.3. The minimum absolute atomic E-state index is 0.638. The molecule has 0 saturated carbocycles. The van der Waals surface area contributed by atoms with Crippen molar-refractivity contribution in [3.63, 3.8) is 0 Å². The average molecular weight is 652 g/mol. The molecule has 0 unspecified atom stereocenters. The zero-order valence-electron chi connectivity index (χ0n) is 27.9. The Morgan fingerprint density at radius 1 is 0.353 bits per heavy atom. The van der Waals surface area contributed by atoms with Crippen molar-refractivity contribution in [2.75, 3.05) is 0 Å². The van der Waals surface area contributed by atoms with Gasteiger partial charge in [0.05, 0.1) is 0 Å². The molecule has 240 valence electrons. The number of hydrogen-bond acceptors (Lipinski definition) is 3. The van der Waals surface area contributed by atoms with E-state index in [4.69, 9.17) is 15.0 Å². The highest BCUT2D eigenvalue weighted by Crippen LogP contribution is 2.39. The summed E-state index contributed by atoms with van der Waals surface area (Å²) in [4.78, 5) is 15.7. The Morgan fingerprint density at radius 3 is 1.53 bits per heavy atom. The van der Waals surface area contributed by atoms with E-state index < -0.39 is 0 Å². The summed E-state index contributed by atoms with van der Waals surface area (Å²) in [7, 11) is 0. The Kier molecular flexibility index (Phi) is 7.92. The fourth-order valence-electron chi connectivity index (χ4n) is 6.90. The molecule has 9 rings (SSSR count). The Labute approximate surface area is 298 Å². The van der Waals surface area contributed by atoms with E-state index in [9.17, 15) is 0 Å². The minimum atomic E-state index is 0.638. The fourth-order valence-corrected chi connectivity index (χ4v) is 6.90. The molecule has 3 nitrogen and oxygen atoms in total. The lowest BCUT2D eigenvalue weighted by Gasteiger charge is -2.17. The lowest BCUT2D eigenvalue weighted by molar-refractivity contribution is 1.07. The summed E-state index contributed by atoms with van der Waals surface area (Å²) in [5, 5.41) is 2.30. The van der Waals surface area contributed by atoms with Gasteiger partial charge in [0.25, 0.3) is 0 Å². The van der Waals surface area contributed by atoms with Crippen molar-refractivity contribution in [3.05, 3.63) is 187 Å². The third-order valence-corrected chi connectivity index (χ3v) is 9.53. The van der Waals surface area contributed by atoms with E-state index in [0.29, 0.717) is 17.5 Å². The van der Waals surface area contributed by atoms with Gasteiger partial charge in [-0.2, -0.15) is 0 Å². The van der Waals surface area contributed by atoms with Gasteiger partial charge in [-0.1, -0.05) is 176 Å². The predicted octanol–water partition coefficient (Wildman–Crippen LogP) is 12.5. The summed E-state index contributed by atoms with van der Waals surface area (Å²) in [6.07, 6.45) is 9.70. The average Bonchev–Trinajstić information content (AvgIpc) is 3.47. The Balaban J connectivity index is 1.24. The smallest absolute Gasteiger partial charge is 0.165 e. The van der Waals surface area contributed by atoms with Crippen molar-refractivity contribution < 1.29 is 0 Å². The Hall–Kier alpha value is -6.71. The van der Waals surface area contributed by atoms with Crippen LogP contribution >= 0.6 is 0 Å². The maximum absolute atomic E-state index is 5.28. The van der Waals surface area contributed by atoms with E-state index >= 15 is 0 Å². The molecule has 7 aromatic carbocycles. The van der Waals surface area contributed by atoms with Crippen molar-refractivity contribution in [2.24, 2.45) is 0 Å². The van der Waals surface area contributed by atoms with Crippen molar-refractivity contribution in [2.45, 2.75) is 6.42 Å². The minimum Gasteiger partial charge on any atom is -0.208 e. The molecule has 0 spiro atoms. The van der Waals surface area contributed by atoms with Gasteiger partial charge in [-0.3, -0.25) is 0 Å². The zero-order valence-corrected chi connectivity index (χ0v) is 27.9. The van der Waals surface area contributed by atoms with E-state index in [1.54, 1.807) is 0 Å². The van der Waals surface area contributed by atoms with E-state index in [1.807, 2.05) is 12.1 Å². The van der Waals surface area contributed by atoms with Crippen LogP contribution in [0.4, 0.5) is 0 Å². The van der Waals surface area contributed by atoms with Crippen LogP contribution in [0.1, 0.15) is 17.5 Å². The molecular formula is C48H33N3. The van der Waals surface area contributed by atoms with Gasteiger partial charge < -0.3 is 0 Å². The number of hydrogen-bond donors (Lipinski definition) is 0. The van der Waals surface area contributed by atoms with Gasteiger partial charge in [0, 0.05) is 16.7 Å². The van der Waals surface area contributed by atoms with Crippen molar-refractivity contribution in [1.82, 2.24) is 15.0 Å². The maximum atomic E-state index is 5.28. The van der Waals surface area contributed by atoms with Crippen LogP contribution in [0, 0.1) is 0 Å². The highest BCUT2D eigenvalue weighted by molar-refractivity contribution is 5.93. The first kappa shape index (κ1) is 30.4. The van der Waals surface area contributed by atoms with Crippen molar-refractivity contribution >= 4 is 22.9 Å². The molecule has 1 aromatic heterocycles. The molecule has 0 saturated heterocycles. The normalized spacial score (nSPS) is 12.1. The van der Waals surface area contributed by atoms with Gasteiger partial charge in [0.2, 0.25) is 0 Å². The highest BCUT2D eigenvalue weighted by atomic mass is 15.0. The van der Waals surface area contributed by atoms with Gasteiger partial charge in [-0.15, -0.1) is 0 Å². The van der Waals surface area contributed by atoms with Crippen molar-refractivity contribution in [1.29, 1.82) is 0 Å². The molecule has 0 fully saturated rings. The Morgan fingerprint density at radius 2 is 0.843 bits per heavy atom. The van der Waals surface area contributed by atoms with E-state index in [-0.39, 0.29) is 0 Å². The molecule has 0 N–H and O–H groups in total. The number of rotatable bonds is 6. The molecule has 1 aliphatic rings. The molecule has 0 amide bonds. The quantitative estimate of drug-likeness (QED) is 0.180. The number of fused-ring (bicyclic) bond motifs is 2. The second-order valence-corrected chi connectivity index (χ2v) is 12.8. The zero-order chi connectivity index (χ0) is 34.0. The molecular weight excluding hydrogens is 619 g/mol. The lowest BCUT2D eigenvalue weighted by Crippen LogP contribution is -2.03. The van der Waals surface area contributed by atoms with Crippen LogP contribution in [-0.2, 0) is 0 Å². The SMILES string of the molecule is C1=Cc2ccc(-c3ccccc3)c(-c3nc(-c4ccc(-c5ccccc5)cc4)nc(-c4ccc5cc(-c6ccccc6)ccc5c4)n3)c2C=CC1. The molecule has 0 bridgehead atoms. The van der Waals surface area contributed by atoms with E-state index in [2.05, 4.69) is 176 Å². The van der Waals surface area contributed by atoms with E-state index in [1.165, 1.54) is 22.1 Å². The fraction of sp³-hybridized carbons (Fsp3) is 0.0208. The summed E-state index contributed by atoms with van der Waals surface area (Å²) >= 11 is 0. The van der Waals surface area contributed by atoms with Crippen LogP contribution in [0.2, 0.25) is 0 Å². The monoisotopic (exact) mass is 651 g/mol. The molecule has 1 aliphatic carbocycles. The molecule has 51 heavy (non-hydrogen) atoms. The van der Waals surface area contributed by atoms with Gasteiger partial charge in [0.1, 0.15) is 0 Å². The van der Waals surface area contributed by atoms with Crippen LogP contribution in [-0.4, -0.2) is 15.0 Å². The summed E-state index contributed by atoms with van der Waals surface area (Å²) in [6, 6.07) is 57.5. The number of benzene rings is 7. The molecule has 8 aromatic rings. The van der Waals surface area contributed by atoms with Crippen LogP contribution < -0.4 is 0 Å². The number of aromatic nitrogens is 3. The van der Waals surface area contributed by atoms with Crippen molar-refractivity contribution in [3.8, 4) is 67.5 Å². The van der Waals surface area contributed by atoms with Crippen LogP contribution in [0.15, 0.2) is 176 Å².